The van der Waals surface area contributed by atoms with Gasteiger partial charge < -0.3 is 0 Å². The molecule has 3 nitrogen and oxygen atoms in total. The van der Waals surface area contributed by atoms with Gasteiger partial charge in [0.15, 0.2) is 11.0 Å². The van der Waals surface area contributed by atoms with Crippen LogP contribution in [0.3, 0.4) is 0 Å². The topological polar surface area (TPSA) is 30.7 Å². The van der Waals surface area contributed by atoms with E-state index in [1.165, 1.54) is 23.4 Å². The molecule has 0 aliphatic heterocycles. The molecule has 0 saturated heterocycles. The van der Waals surface area contributed by atoms with Crippen LogP contribution in [0, 0.1) is 5.82 Å². The van der Waals surface area contributed by atoms with E-state index < -0.39 is 0 Å². The third-order valence-corrected chi connectivity index (χ3v) is 6.24. The van der Waals surface area contributed by atoms with Crippen LogP contribution < -0.4 is 0 Å². The van der Waals surface area contributed by atoms with E-state index in [1.807, 2.05) is 34.9 Å². The summed E-state index contributed by atoms with van der Waals surface area (Å²) >= 11 is 7.63. The van der Waals surface area contributed by atoms with Gasteiger partial charge in [-0.3, -0.25) is 4.57 Å². The first-order valence-electron chi connectivity index (χ1n) is 10.0. The molecule has 6 heteroatoms. The normalized spacial score (nSPS) is 11.6. The van der Waals surface area contributed by atoms with Crippen LogP contribution in [-0.2, 0) is 11.2 Å². The fraction of sp³-hybridized carbons (Fsp3) is 0.200. The third-order valence-electron chi connectivity index (χ3n) is 4.98. The molecule has 31 heavy (non-hydrogen) atoms. The summed E-state index contributed by atoms with van der Waals surface area (Å²) in [5.41, 5.74) is 4.13. The first-order valence-corrected chi connectivity index (χ1v) is 11.4. The standard InChI is InChI=1S/C25H23ClFN3S/c1-25(2,3)19-9-7-18(8-10-19)23-28-29-24(30(23)22-13-11-20(26)12-14-22)31-16-17-5-4-6-21(27)15-17/h4-15H,16H2,1-3H3. The van der Waals surface area contributed by atoms with Crippen molar-refractivity contribution in [1.82, 2.24) is 14.8 Å². The number of nitrogens with zero attached hydrogens (tertiary/aromatic N) is 3. The average Bonchev–Trinajstić information content (AvgIpc) is 3.16. The Morgan fingerprint density at radius 1 is 0.935 bits per heavy atom. The van der Waals surface area contributed by atoms with E-state index in [-0.39, 0.29) is 11.2 Å². The molecular formula is C25H23ClFN3S. The van der Waals surface area contributed by atoms with E-state index in [9.17, 15) is 4.39 Å². The molecule has 4 rings (SSSR count). The second-order valence-electron chi connectivity index (χ2n) is 8.36. The SMILES string of the molecule is CC(C)(C)c1ccc(-c2nnc(SCc3cccc(F)c3)n2-c2ccc(Cl)cc2)cc1. The fourth-order valence-electron chi connectivity index (χ4n) is 3.27. The van der Waals surface area contributed by atoms with Crippen LogP contribution in [0.1, 0.15) is 31.9 Å². The van der Waals surface area contributed by atoms with E-state index in [1.54, 1.807) is 12.1 Å². The lowest BCUT2D eigenvalue weighted by molar-refractivity contribution is 0.590. The molecule has 1 heterocycles. The minimum atomic E-state index is -0.239. The minimum absolute atomic E-state index is 0.0777. The Balaban J connectivity index is 1.72. The summed E-state index contributed by atoms with van der Waals surface area (Å²) in [4.78, 5) is 0. The van der Waals surface area contributed by atoms with Crippen molar-refractivity contribution in [1.29, 1.82) is 0 Å². The lowest BCUT2D eigenvalue weighted by Crippen LogP contribution is -2.10. The number of thioether (sulfide) groups is 1. The summed E-state index contributed by atoms with van der Waals surface area (Å²) in [6.45, 7) is 6.58. The number of halogens is 2. The Morgan fingerprint density at radius 2 is 1.65 bits per heavy atom. The summed E-state index contributed by atoms with van der Waals surface area (Å²) in [5.74, 6) is 1.10. The maximum Gasteiger partial charge on any atom is 0.196 e. The van der Waals surface area contributed by atoms with Gasteiger partial charge >= 0.3 is 0 Å². The molecule has 0 amide bonds. The lowest BCUT2D eigenvalue weighted by Gasteiger charge is -2.19. The van der Waals surface area contributed by atoms with Crippen LogP contribution in [0.15, 0.2) is 78.0 Å². The maximum atomic E-state index is 13.6. The van der Waals surface area contributed by atoms with E-state index >= 15 is 0 Å². The summed E-state index contributed by atoms with van der Waals surface area (Å²) < 4.78 is 15.6. The average molecular weight is 452 g/mol. The number of benzene rings is 3. The van der Waals surface area contributed by atoms with Gasteiger partial charge in [0.2, 0.25) is 0 Å². The van der Waals surface area contributed by atoms with Crippen LogP contribution in [0.5, 0.6) is 0 Å². The molecule has 158 valence electrons. The molecule has 0 unspecified atom stereocenters. The van der Waals surface area contributed by atoms with Crippen molar-refractivity contribution in [3.63, 3.8) is 0 Å². The number of rotatable bonds is 5. The summed E-state index contributed by atoms with van der Waals surface area (Å²) in [7, 11) is 0. The highest BCUT2D eigenvalue weighted by Crippen LogP contribution is 2.31. The molecule has 0 fully saturated rings. The number of aromatic nitrogens is 3. The molecule has 1 aromatic heterocycles. The molecule has 0 atom stereocenters. The monoisotopic (exact) mass is 451 g/mol. The second kappa shape index (κ2) is 8.85. The van der Waals surface area contributed by atoms with E-state index in [2.05, 4.69) is 55.2 Å². The molecule has 0 N–H and O–H groups in total. The molecular weight excluding hydrogens is 429 g/mol. The maximum absolute atomic E-state index is 13.6. The van der Waals surface area contributed by atoms with E-state index in [0.29, 0.717) is 10.8 Å². The molecule has 0 bridgehead atoms. The minimum Gasteiger partial charge on any atom is -0.270 e. The van der Waals surface area contributed by atoms with Crippen molar-refractivity contribution >= 4 is 23.4 Å². The van der Waals surface area contributed by atoms with Gasteiger partial charge in [0.1, 0.15) is 5.82 Å². The Hall–Kier alpha value is -2.63. The summed E-state index contributed by atoms with van der Waals surface area (Å²) in [6, 6.07) is 22.7. The summed E-state index contributed by atoms with van der Waals surface area (Å²) in [6.07, 6.45) is 0. The molecule has 3 aromatic carbocycles. The van der Waals surface area contributed by atoms with Gasteiger partial charge in [-0.15, -0.1) is 10.2 Å². The van der Waals surface area contributed by atoms with Crippen molar-refractivity contribution in [2.24, 2.45) is 0 Å². The smallest absolute Gasteiger partial charge is 0.196 e. The lowest BCUT2D eigenvalue weighted by atomic mass is 9.87. The highest BCUT2D eigenvalue weighted by molar-refractivity contribution is 7.98. The zero-order valence-electron chi connectivity index (χ0n) is 17.6. The van der Waals surface area contributed by atoms with Crippen molar-refractivity contribution in [3.8, 4) is 17.1 Å². The van der Waals surface area contributed by atoms with Gasteiger partial charge in [-0.05, 0) is 52.9 Å². The van der Waals surface area contributed by atoms with Crippen LogP contribution in [0.25, 0.3) is 17.1 Å². The molecule has 0 radical (unpaired) electrons. The number of hydrogen-bond donors (Lipinski definition) is 0. The van der Waals surface area contributed by atoms with Crippen molar-refractivity contribution in [3.05, 3.63) is 94.8 Å². The second-order valence-corrected chi connectivity index (χ2v) is 9.74. The first kappa shape index (κ1) is 21.6. The van der Waals surface area contributed by atoms with Crippen molar-refractivity contribution < 1.29 is 4.39 Å². The van der Waals surface area contributed by atoms with E-state index in [4.69, 9.17) is 11.6 Å². The Kier molecular flexibility index (Phi) is 6.17. The Bertz CT molecular complexity index is 1180. The fourth-order valence-corrected chi connectivity index (χ4v) is 4.29. The molecule has 0 aliphatic rings. The predicted octanol–water partition coefficient (Wildman–Crippen LogP) is 7.32. The highest BCUT2D eigenvalue weighted by atomic mass is 35.5. The molecule has 0 spiro atoms. The van der Waals surface area contributed by atoms with Crippen molar-refractivity contribution in [2.45, 2.75) is 37.1 Å². The van der Waals surface area contributed by atoms with Gasteiger partial charge in [-0.1, -0.05) is 80.5 Å². The van der Waals surface area contributed by atoms with Crippen LogP contribution in [0.2, 0.25) is 5.02 Å². The van der Waals surface area contributed by atoms with Crippen LogP contribution in [0.4, 0.5) is 4.39 Å². The van der Waals surface area contributed by atoms with Crippen LogP contribution >= 0.6 is 23.4 Å². The summed E-state index contributed by atoms with van der Waals surface area (Å²) in [5, 5.41) is 10.3. The van der Waals surface area contributed by atoms with Gasteiger partial charge in [-0.2, -0.15) is 0 Å². The molecule has 4 aromatic rings. The van der Waals surface area contributed by atoms with E-state index in [0.717, 1.165) is 27.8 Å². The predicted molar refractivity (Wildman–Crippen MR) is 126 cm³/mol. The number of hydrogen-bond acceptors (Lipinski definition) is 3. The quantitative estimate of drug-likeness (QED) is 0.298. The first-order chi connectivity index (χ1) is 14.8. The van der Waals surface area contributed by atoms with Crippen molar-refractivity contribution in [2.75, 3.05) is 0 Å². The van der Waals surface area contributed by atoms with Gasteiger partial charge in [0.25, 0.3) is 0 Å². The van der Waals surface area contributed by atoms with Gasteiger partial charge in [-0.25, -0.2) is 4.39 Å². The Labute approximate surface area is 191 Å². The zero-order chi connectivity index (χ0) is 22.0. The molecule has 0 aliphatic carbocycles. The molecule has 0 saturated carbocycles. The highest BCUT2D eigenvalue weighted by Gasteiger charge is 2.18. The van der Waals surface area contributed by atoms with Gasteiger partial charge in [0, 0.05) is 22.0 Å². The zero-order valence-corrected chi connectivity index (χ0v) is 19.2. The largest absolute Gasteiger partial charge is 0.270 e. The van der Waals surface area contributed by atoms with Gasteiger partial charge in [0.05, 0.1) is 0 Å². The Morgan fingerprint density at radius 3 is 2.29 bits per heavy atom. The third kappa shape index (κ3) is 5.00. The van der Waals surface area contributed by atoms with Crippen LogP contribution in [-0.4, -0.2) is 14.8 Å².